The normalized spacial score (nSPS) is 11.1. The van der Waals surface area contributed by atoms with Gasteiger partial charge in [0.15, 0.2) is 0 Å². The second-order valence-corrected chi connectivity index (χ2v) is 5.79. The fourth-order valence-corrected chi connectivity index (χ4v) is 2.51. The Kier molecular flexibility index (Phi) is 5.21. The third kappa shape index (κ3) is 4.13. The van der Waals surface area contributed by atoms with E-state index in [9.17, 15) is 8.78 Å². The van der Waals surface area contributed by atoms with Gasteiger partial charge in [-0.3, -0.25) is 4.98 Å². The lowest BCUT2D eigenvalue weighted by Crippen LogP contribution is -2.09. The zero-order chi connectivity index (χ0) is 19.4. The van der Waals surface area contributed by atoms with Gasteiger partial charge in [-0.25, -0.2) is 4.98 Å². The molecule has 0 atom stereocenters. The fraction of sp³-hybridized carbons (Fsp3) is 0.200. The van der Waals surface area contributed by atoms with E-state index >= 15 is 0 Å². The van der Waals surface area contributed by atoms with Gasteiger partial charge in [0.1, 0.15) is 22.9 Å². The number of methoxy groups -OCH3 is 2. The Morgan fingerprint density at radius 2 is 1.67 bits per heavy atom. The van der Waals surface area contributed by atoms with E-state index in [1.165, 1.54) is 18.3 Å². The van der Waals surface area contributed by atoms with Crippen LogP contribution in [0.3, 0.4) is 0 Å². The number of pyridine rings is 2. The van der Waals surface area contributed by atoms with Crippen molar-refractivity contribution in [3.05, 3.63) is 60.6 Å². The molecule has 0 unspecified atom stereocenters. The van der Waals surface area contributed by atoms with Crippen LogP contribution in [0.4, 0.5) is 8.78 Å². The molecule has 0 amide bonds. The van der Waals surface area contributed by atoms with Crippen LogP contribution in [-0.4, -0.2) is 24.2 Å². The molecule has 3 aromatic rings. The maximum absolute atomic E-state index is 13.3. The summed E-state index contributed by atoms with van der Waals surface area (Å²) in [5.41, 5.74) is 1.06. The number of ether oxygens (including phenoxy) is 3. The van der Waals surface area contributed by atoms with Crippen molar-refractivity contribution in [1.82, 2.24) is 9.97 Å². The van der Waals surface area contributed by atoms with Gasteiger partial charge >= 0.3 is 0 Å². The SMILES string of the molecule is COc1ccc(OC)c(-c2cccnc2Oc2ccc(C(C)(F)F)nc2)c1. The molecule has 0 bridgehead atoms. The van der Waals surface area contributed by atoms with Gasteiger partial charge in [-0.15, -0.1) is 0 Å². The molecule has 0 aliphatic rings. The van der Waals surface area contributed by atoms with Gasteiger partial charge in [0.25, 0.3) is 5.92 Å². The molecule has 7 heteroatoms. The lowest BCUT2D eigenvalue weighted by molar-refractivity contribution is 0.0127. The number of hydrogen-bond donors (Lipinski definition) is 0. The molecule has 0 aliphatic carbocycles. The van der Waals surface area contributed by atoms with Gasteiger partial charge in [0.05, 0.1) is 20.4 Å². The van der Waals surface area contributed by atoms with Gasteiger partial charge in [0.2, 0.25) is 5.88 Å². The first-order chi connectivity index (χ1) is 12.9. The van der Waals surface area contributed by atoms with Gasteiger partial charge in [0, 0.05) is 24.2 Å². The highest BCUT2D eigenvalue weighted by Crippen LogP contribution is 2.39. The van der Waals surface area contributed by atoms with E-state index < -0.39 is 5.92 Å². The third-order valence-corrected chi connectivity index (χ3v) is 3.87. The maximum atomic E-state index is 13.3. The Hall–Kier alpha value is -3.22. The van der Waals surface area contributed by atoms with Crippen molar-refractivity contribution in [3.8, 4) is 34.3 Å². The molecule has 0 N–H and O–H groups in total. The number of halogens is 2. The van der Waals surface area contributed by atoms with Crippen molar-refractivity contribution in [1.29, 1.82) is 0 Å². The van der Waals surface area contributed by atoms with Crippen molar-refractivity contribution in [2.45, 2.75) is 12.8 Å². The fourth-order valence-electron chi connectivity index (χ4n) is 2.51. The summed E-state index contributed by atoms with van der Waals surface area (Å²) < 4.78 is 43.1. The van der Waals surface area contributed by atoms with E-state index in [1.54, 1.807) is 38.6 Å². The second kappa shape index (κ2) is 7.57. The van der Waals surface area contributed by atoms with Crippen molar-refractivity contribution in [3.63, 3.8) is 0 Å². The van der Waals surface area contributed by atoms with Crippen LogP contribution in [0.25, 0.3) is 11.1 Å². The minimum Gasteiger partial charge on any atom is -0.497 e. The Labute approximate surface area is 155 Å². The number of benzene rings is 1. The van der Waals surface area contributed by atoms with E-state index in [0.29, 0.717) is 28.7 Å². The average molecular weight is 372 g/mol. The van der Waals surface area contributed by atoms with E-state index in [2.05, 4.69) is 9.97 Å². The second-order valence-electron chi connectivity index (χ2n) is 5.79. The number of aromatic nitrogens is 2. The molecule has 0 saturated heterocycles. The summed E-state index contributed by atoms with van der Waals surface area (Å²) in [4.78, 5) is 8.02. The maximum Gasteiger partial charge on any atom is 0.286 e. The van der Waals surface area contributed by atoms with Gasteiger partial charge in [-0.05, 0) is 42.5 Å². The minimum atomic E-state index is -3.01. The highest BCUT2D eigenvalue weighted by molar-refractivity contribution is 5.76. The van der Waals surface area contributed by atoms with Crippen molar-refractivity contribution in [2.24, 2.45) is 0 Å². The van der Waals surface area contributed by atoms with Gasteiger partial charge in [-0.1, -0.05) is 0 Å². The number of rotatable bonds is 6. The molecule has 140 valence electrons. The molecule has 0 aliphatic heterocycles. The number of alkyl halides is 2. The molecule has 1 aromatic carbocycles. The molecule has 0 spiro atoms. The molecule has 0 saturated carbocycles. The molecule has 3 rings (SSSR count). The van der Waals surface area contributed by atoms with Gasteiger partial charge in [-0.2, -0.15) is 8.78 Å². The Morgan fingerprint density at radius 3 is 2.30 bits per heavy atom. The Balaban J connectivity index is 1.98. The summed E-state index contributed by atoms with van der Waals surface area (Å²) in [6.07, 6.45) is 2.82. The molecule has 2 aromatic heterocycles. The van der Waals surface area contributed by atoms with Crippen LogP contribution in [0.5, 0.6) is 23.1 Å². The highest BCUT2D eigenvalue weighted by atomic mass is 19.3. The third-order valence-electron chi connectivity index (χ3n) is 3.87. The molecule has 5 nitrogen and oxygen atoms in total. The lowest BCUT2D eigenvalue weighted by Gasteiger charge is -2.14. The van der Waals surface area contributed by atoms with Crippen molar-refractivity contribution < 1.29 is 23.0 Å². The standard InChI is InChI=1S/C20H18F2N2O3/c1-20(21,22)18-9-7-14(12-24-18)27-19-15(5-4-10-23-19)16-11-13(25-2)6-8-17(16)26-3/h4-12H,1-3H3. The monoisotopic (exact) mass is 372 g/mol. The topological polar surface area (TPSA) is 53.5 Å². The Morgan fingerprint density at radius 1 is 0.889 bits per heavy atom. The predicted molar refractivity (Wildman–Crippen MR) is 96.7 cm³/mol. The molecule has 0 fully saturated rings. The van der Waals surface area contributed by atoms with E-state index in [-0.39, 0.29) is 5.69 Å². The molecular formula is C20H18F2N2O3. The van der Waals surface area contributed by atoms with Crippen LogP contribution in [0.2, 0.25) is 0 Å². The van der Waals surface area contributed by atoms with Crippen LogP contribution in [0, 0.1) is 0 Å². The minimum absolute atomic E-state index is 0.293. The molecule has 27 heavy (non-hydrogen) atoms. The summed E-state index contributed by atoms with van der Waals surface area (Å²) >= 11 is 0. The van der Waals surface area contributed by atoms with Crippen molar-refractivity contribution in [2.75, 3.05) is 14.2 Å². The summed E-state index contributed by atoms with van der Waals surface area (Å²) in [7, 11) is 3.14. The summed E-state index contributed by atoms with van der Waals surface area (Å²) in [6, 6.07) is 11.6. The van der Waals surface area contributed by atoms with E-state index in [4.69, 9.17) is 14.2 Å². The van der Waals surface area contributed by atoms with Crippen LogP contribution < -0.4 is 14.2 Å². The quantitative estimate of drug-likeness (QED) is 0.605. The zero-order valence-electron chi connectivity index (χ0n) is 15.1. The highest BCUT2D eigenvalue weighted by Gasteiger charge is 2.26. The summed E-state index contributed by atoms with van der Waals surface area (Å²) in [5, 5.41) is 0. The van der Waals surface area contributed by atoms with Crippen molar-refractivity contribution >= 4 is 0 Å². The van der Waals surface area contributed by atoms with Gasteiger partial charge < -0.3 is 14.2 Å². The van der Waals surface area contributed by atoms with Crippen LogP contribution >= 0.6 is 0 Å². The average Bonchev–Trinajstić information content (AvgIpc) is 2.67. The first-order valence-corrected chi connectivity index (χ1v) is 8.12. The first-order valence-electron chi connectivity index (χ1n) is 8.12. The number of hydrogen-bond acceptors (Lipinski definition) is 5. The van der Waals surface area contributed by atoms with E-state index in [1.807, 2.05) is 12.1 Å². The molecule has 0 radical (unpaired) electrons. The number of nitrogens with zero attached hydrogens (tertiary/aromatic N) is 2. The predicted octanol–water partition coefficient (Wildman–Crippen LogP) is 5.06. The summed E-state index contributed by atoms with van der Waals surface area (Å²) in [6.45, 7) is 0.793. The zero-order valence-corrected chi connectivity index (χ0v) is 15.1. The smallest absolute Gasteiger partial charge is 0.286 e. The lowest BCUT2D eigenvalue weighted by atomic mass is 10.1. The first kappa shape index (κ1) is 18.6. The summed E-state index contributed by atoms with van der Waals surface area (Å²) in [5.74, 6) is -1.15. The van der Waals surface area contributed by atoms with Crippen LogP contribution in [0.1, 0.15) is 12.6 Å². The molecule has 2 heterocycles. The van der Waals surface area contributed by atoms with Crippen LogP contribution in [-0.2, 0) is 5.92 Å². The molecular weight excluding hydrogens is 354 g/mol. The van der Waals surface area contributed by atoms with Crippen LogP contribution in [0.15, 0.2) is 54.9 Å². The Bertz CT molecular complexity index is 925. The largest absolute Gasteiger partial charge is 0.497 e. The van der Waals surface area contributed by atoms with E-state index in [0.717, 1.165) is 12.5 Å².